The van der Waals surface area contributed by atoms with Crippen LogP contribution >= 0.6 is 0 Å². The first-order valence-corrected chi connectivity index (χ1v) is 8.40. The van der Waals surface area contributed by atoms with Crippen LogP contribution in [0.25, 0.3) is 0 Å². The molecule has 0 amide bonds. The molecule has 106 valence electrons. The Hall–Kier alpha value is -1.07. The van der Waals surface area contributed by atoms with E-state index in [2.05, 4.69) is 12.2 Å². The van der Waals surface area contributed by atoms with Crippen LogP contribution in [0.15, 0.2) is 24.3 Å². The fraction of sp³-hybridized carbons (Fsp3) is 0.571. The summed E-state index contributed by atoms with van der Waals surface area (Å²) in [5.41, 5.74) is 1.22. The van der Waals surface area contributed by atoms with Crippen molar-refractivity contribution in [2.24, 2.45) is 0 Å². The van der Waals surface area contributed by atoms with E-state index in [0.717, 1.165) is 18.6 Å². The van der Waals surface area contributed by atoms with E-state index in [-0.39, 0.29) is 17.8 Å². The molecule has 2 unspecified atom stereocenters. The monoisotopic (exact) mass is 283 g/mol. The molecule has 1 aromatic carbocycles. The van der Waals surface area contributed by atoms with E-state index < -0.39 is 9.84 Å². The molecule has 0 spiro atoms. The Morgan fingerprint density at radius 2 is 2.05 bits per heavy atom. The van der Waals surface area contributed by atoms with Gasteiger partial charge in [0.15, 0.2) is 9.84 Å². The first kappa shape index (κ1) is 14.3. The van der Waals surface area contributed by atoms with Crippen LogP contribution in [0.3, 0.4) is 0 Å². The third-order valence-corrected chi connectivity index (χ3v) is 5.22. The summed E-state index contributed by atoms with van der Waals surface area (Å²) < 4.78 is 27.9. The van der Waals surface area contributed by atoms with E-state index in [1.54, 1.807) is 7.11 Å². The Labute approximate surface area is 115 Å². The van der Waals surface area contributed by atoms with Gasteiger partial charge in [0.25, 0.3) is 0 Å². The Morgan fingerprint density at radius 1 is 1.37 bits per heavy atom. The van der Waals surface area contributed by atoms with Gasteiger partial charge in [-0.1, -0.05) is 12.1 Å². The Morgan fingerprint density at radius 3 is 2.58 bits per heavy atom. The SMILES string of the molecule is COc1ccc(CC(C)NC2CCS(=O)(=O)C2)cc1. The third-order valence-electron chi connectivity index (χ3n) is 3.45. The lowest BCUT2D eigenvalue weighted by Crippen LogP contribution is -2.38. The quantitative estimate of drug-likeness (QED) is 0.887. The zero-order chi connectivity index (χ0) is 13.9. The molecule has 1 aromatic rings. The van der Waals surface area contributed by atoms with Gasteiger partial charge in [-0.3, -0.25) is 0 Å². The van der Waals surface area contributed by atoms with E-state index >= 15 is 0 Å². The summed E-state index contributed by atoms with van der Waals surface area (Å²) in [6.45, 7) is 2.09. The molecule has 1 heterocycles. The molecule has 1 aliphatic heterocycles. The molecule has 2 rings (SSSR count). The fourth-order valence-electron chi connectivity index (χ4n) is 2.50. The van der Waals surface area contributed by atoms with E-state index in [4.69, 9.17) is 4.74 Å². The number of benzene rings is 1. The number of rotatable bonds is 5. The van der Waals surface area contributed by atoms with Crippen molar-refractivity contribution in [3.8, 4) is 5.75 Å². The number of sulfone groups is 1. The van der Waals surface area contributed by atoms with Crippen LogP contribution in [0.4, 0.5) is 0 Å². The molecule has 0 aliphatic carbocycles. The molecule has 0 radical (unpaired) electrons. The van der Waals surface area contributed by atoms with Crippen molar-refractivity contribution < 1.29 is 13.2 Å². The van der Waals surface area contributed by atoms with Gasteiger partial charge in [0.1, 0.15) is 5.75 Å². The maximum atomic E-state index is 11.4. The normalized spacial score (nSPS) is 23.2. The van der Waals surface area contributed by atoms with Gasteiger partial charge >= 0.3 is 0 Å². The minimum Gasteiger partial charge on any atom is -0.497 e. The van der Waals surface area contributed by atoms with Crippen LogP contribution in [0.2, 0.25) is 0 Å². The highest BCUT2D eigenvalue weighted by Crippen LogP contribution is 2.15. The first-order valence-electron chi connectivity index (χ1n) is 6.58. The smallest absolute Gasteiger partial charge is 0.151 e. The summed E-state index contributed by atoms with van der Waals surface area (Å²) in [7, 11) is -1.15. The molecule has 0 saturated carbocycles. The second-order valence-corrected chi connectivity index (χ2v) is 7.45. The van der Waals surface area contributed by atoms with Crippen molar-refractivity contribution in [2.45, 2.75) is 31.8 Å². The van der Waals surface area contributed by atoms with Crippen LogP contribution < -0.4 is 10.1 Å². The van der Waals surface area contributed by atoms with Crippen molar-refractivity contribution in [3.05, 3.63) is 29.8 Å². The van der Waals surface area contributed by atoms with Crippen LogP contribution in [0.5, 0.6) is 5.75 Å². The van der Waals surface area contributed by atoms with Gasteiger partial charge in [-0.2, -0.15) is 0 Å². The van der Waals surface area contributed by atoms with Gasteiger partial charge in [-0.05, 0) is 37.5 Å². The molecule has 1 saturated heterocycles. The average molecular weight is 283 g/mol. The van der Waals surface area contributed by atoms with Gasteiger partial charge < -0.3 is 10.1 Å². The number of hydrogen-bond donors (Lipinski definition) is 1. The molecule has 2 atom stereocenters. The summed E-state index contributed by atoms with van der Waals surface area (Å²) in [6.07, 6.45) is 1.62. The topological polar surface area (TPSA) is 55.4 Å². The molecule has 4 nitrogen and oxygen atoms in total. The Bertz CT molecular complexity index is 510. The molecule has 5 heteroatoms. The van der Waals surface area contributed by atoms with Crippen LogP contribution in [-0.2, 0) is 16.3 Å². The highest BCUT2D eigenvalue weighted by Gasteiger charge is 2.28. The zero-order valence-electron chi connectivity index (χ0n) is 11.4. The number of hydrogen-bond acceptors (Lipinski definition) is 4. The third kappa shape index (κ3) is 4.21. The van der Waals surface area contributed by atoms with Gasteiger partial charge in [0.05, 0.1) is 18.6 Å². The summed E-state index contributed by atoms with van der Waals surface area (Å²) in [5.74, 6) is 1.45. The van der Waals surface area contributed by atoms with Gasteiger partial charge in [0.2, 0.25) is 0 Å². The van der Waals surface area contributed by atoms with Gasteiger partial charge in [-0.25, -0.2) is 8.42 Å². The highest BCUT2D eigenvalue weighted by atomic mass is 32.2. The summed E-state index contributed by atoms with van der Waals surface area (Å²) in [6, 6.07) is 8.36. The molecular weight excluding hydrogens is 262 g/mol. The lowest BCUT2D eigenvalue weighted by molar-refractivity contribution is 0.414. The second-order valence-electron chi connectivity index (χ2n) is 5.22. The van der Waals surface area contributed by atoms with E-state index in [1.165, 1.54) is 5.56 Å². The molecule has 1 N–H and O–H groups in total. The van der Waals surface area contributed by atoms with E-state index in [0.29, 0.717) is 5.75 Å². The maximum Gasteiger partial charge on any atom is 0.151 e. The number of ether oxygens (including phenoxy) is 1. The lowest BCUT2D eigenvalue weighted by Gasteiger charge is -2.18. The molecule has 1 aliphatic rings. The fourth-order valence-corrected chi connectivity index (χ4v) is 4.19. The van der Waals surface area contributed by atoms with Crippen LogP contribution in [-0.4, -0.2) is 39.1 Å². The number of nitrogens with one attached hydrogen (secondary N) is 1. The minimum absolute atomic E-state index is 0.109. The van der Waals surface area contributed by atoms with Crippen molar-refractivity contribution in [1.29, 1.82) is 0 Å². The molecule has 1 fully saturated rings. The van der Waals surface area contributed by atoms with Crippen molar-refractivity contribution >= 4 is 9.84 Å². The van der Waals surface area contributed by atoms with Crippen LogP contribution in [0.1, 0.15) is 18.9 Å². The average Bonchev–Trinajstić information content (AvgIpc) is 2.69. The summed E-state index contributed by atoms with van der Waals surface area (Å²) in [5, 5.41) is 3.40. The largest absolute Gasteiger partial charge is 0.497 e. The Kier molecular flexibility index (Phi) is 4.47. The second kappa shape index (κ2) is 5.92. The molecule has 0 aromatic heterocycles. The summed E-state index contributed by atoms with van der Waals surface area (Å²) in [4.78, 5) is 0. The van der Waals surface area contributed by atoms with Crippen molar-refractivity contribution in [2.75, 3.05) is 18.6 Å². The standard InChI is InChI=1S/C14H21NO3S/c1-11(15-13-7-8-19(16,17)10-13)9-12-3-5-14(18-2)6-4-12/h3-6,11,13,15H,7-10H2,1-2H3. The van der Waals surface area contributed by atoms with Crippen molar-refractivity contribution in [1.82, 2.24) is 5.32 Å². The number of methoxy groups -OCH3 is 1. The summed E-state index contributed by atoms with van der Waals surface area (Å²) >= 11 is 0. The zero-order valence-corrected chi connectivity index (χ0v) is 12.2. The Balaban J connectivity index is 1.85. The van der Waals surface area contributed by atoms with Crippen LogP contribution in [0, 0.1) is 0 Å². The molecular formula is C14H21NO3S. The predicted molar refractivity (Wildman–Crippen MR) is 76.4 cm³/mol. The predicted octanol–water partition coefficient (Wildman–Crippen LogP) is 1.40. The highest BCUT2D eigenvalue weighted by molar-refractivity contribution is 7.91. The van der Waals surface area contributed by atoms with Crippen molar-refractivity contribution in [3.63, 3.8) is 0 Å². The maximum absolute atomic E-state index is 11.4. The van der Waals surface area contributed by atoms with E-state index in [1.807, 2.05) is 24.3 Å². The van der Waals surface area contributed by atoms with Gasteiger partial charge in [-0.15, -0.1) is 0 Å². The van der Waals surface area contributed by atoms with Gasteiger partial charge in [0, 0.05) is 12.1 Å². The first-order chi connectivity index (χ1) is 8.98. The molecule has 19 heavy (non-hydrogen) atoms. The minimum atomic E-state index is -2.80. The van der Waals surface area contributed by atoms with E-state index in [9.17, 15) is 8.42 Å². The molecule has 0 bridgehead atoms. The lowest BCUT2D eigenvalue weighted by atomic mass is 10.1.